The second-order valence-electron chi connectivity index (χ2n) is 5.65. The van der Waals surface area contributed by atoms with E-state index in [4.69, 9.17) is 0 Å². The zero-order valence-electron chi connectivity index (χ0n) is 12.3. The summed E-state index contributed by atoms with van der Waals surface area (Å²) in [7, 11) is 0. The van der Waals surface area contributed by atoms with Gasteiger partial charge in [0.15, 0.2) is 0 Å². The van der Waals surface area contributed by atoms with Gasteiger partial charge in [0, 0.05) is 17.5 Å². The third-order valence-electron chi connectivity index (χ3n) is 3.51. The SMILES string of the molecule is CC(C)C(Sc1ccccc1)C(=O)N[C@H]1CCCNC1. The minimum Gasteiger partial charge on any atom is -0.351 e. The van der Waals surface area contributed by atoms with Gasteiger partial charge in [-0.05, 0) is 37.4 Å². The smallest absolute Gasteiger partial charge is 0.234 e. The maximum Gasteiger partial charge on any atom is 0.234 e. The van der Waals surface area contributed by atoms with Crippen LogP contribution in [0.3, 0.4) is 0 Å². The van der Waals surface area contributed by atoms with E-state index in [1.54, 1.807) is 11.8 Å². The van der Waals surface area contributed by atoms with Crippen molar-refractivity contribution in [2.75, 3.05) is 13.1 Å². The van der Waals surface area contributed by atoms with Gasteiger partial charge < -0.3 is 10.6 Å². The Balaban J connectivity index is 1.95. The quantitative estimate of drug-likeness (QED) is 0.820. The second-order valence-corrected chi connectivity index (χ2v) is 6.86. The van der Waals surface area contributed by atoms with Crippen LogP contribution in [-0.2, 0) is 4.79 Å². The number of thioether (sulfide) groups is 1. The molecule has 2 atom stereocenters. The first-order valence-electron chi connectivity index (χ1n) is 7.39. The number of nitrogens with one attached hydrogen (secondary N) is 2. The van der Waals surface area contributed by atoms with Gasteiger partial charge >= 0.3 is 0 Å². The van der Waals surface area contributed by atoms with Gasteiger partial charge in [-0.2, -0.15) is 0 Å². The molecular weight excluding hydrogens is 268 g/mol. The van der Waals surface area contributed by atoms with Crippen LogP contribution in [0.2, 0.25) is 0 Å². The van der Waals surface area contributed by atoms with Crippen LogP contribution in [0.1, 0.15) is 26.7 Å². The van der Waals surface area contributed by atoms with Gasteiger partial charge in [-0.25, -0.2) is 0 Å². The van der Waals surface area contributed by atoms with E-state index in [2.05, 4.69) is 36.6 Å². The highest BCUT2D eigenvalue weighted by atomic mass is 32.2. The molecule has 2 rings (SSSR count). The van der Waals surface area contributed by atoms with Gasteiger partial charge in [-0.1, -0.05) is 32.0 Å². The first kappa shape index (κ1) is 15.4. The third kappa shape index (κ3) is 4.53. The fourth-order valence-electron chi connectivity index (χ4n) is 2.40. The van der Waals surface area contributed by atoms with Crippen molar-refractivity contribution in [3.8, 4) is 0 Å². The zero-order chi connectivity index (χ0) is 14.4. The number of carbonyl (C=O) groups excluding carboxylic acids is 1. The van der Waals surface area contributed by atoms with Gasteiger partial charge in [0.2, 0.25) is 5.91 Å². The summed E-state index contributed by atoms with van der Waals surface area (Å²) in [6.45, 7) is 6.18. The molecule has 1 aromatic rings. The standard InChI is InChI=1S/C16H24N2OS/c1-12(2)15(20-14-8-4-3-5-9-14)16(19)18-13-7-6-10-17-11-13/h3-5,8-9,12-13,15,17H,6-7,10-11H2,1-2H3,(H,18,19)/t13-,15?/m0/s1. The van der Waals surface area contributed by atoms with Crippen molar-refractivity contribution in [1.29, 1.82) is 0 Å². The van der Waals surface area contributed by atoms with Crippen molar-refractivity contribution in [3.63, 3.8) is 0 Å². The lowest BCUT2D eigenvalue weighted by molar-refractivity contribution is -0.122. The highest BCUT2D eigenvalue weighted by molar-refractivity contribution is 8.00. The number of piperidine rings is 1. The van der Waals surface area contributed by atoms with E-state index < -0.39 is 0 Å². The Kier molecular flexibility index (Phi) is 5.92. The molecule has 0 saturated carbocycles. The molecule has 1 amide bonds. The van der Waals surface area contributed by atoms with Crippen LogP contribution in [0, 0.1) is 5.92 Å². The highest BCUT2D eigenvalue weighted by Gasteiger charge is 2.26. The largest absolute Gasteiger partial charge is 0.351 e. The van der Waals surface area contributed by atoms with Gasteiger partial charge in [-0.3, -0.25) is 4.79 Å². The molecular formula is C16H24N2OS. The average Bonchev–Trinajstić information content (AvgIpc) is 2.46. The van der Waals surface area contributed by atoms with Gasteiger partial charge in [0.1, 0.15) is 0 Å². The molecule has 110 valence electrons. The van der Waals surface area contributed by atoms with Crippen LogP contribution in [0.15, 0.2) is 35.2 Å². The van der Waals surface area contributed by atoms with Crippen LogP contribution in [0.25, 0.3) is 0 Å². The zero-order valence-corrected chi connectivity index (χ0v) is 13.1. The molecule has 2 N–H and O–H groups in total. The average molecular weight is 292 g/mol. The Morgan fingerprint density at radius 3 is 2.70 bits per heavy atom. The van der Waals surface area contributed by atoms with Crippen LogP contribution in [0.4, 0.5) is 0 Å². The van der Waals surface area contributed by atoms with Crippen molar-refractivity contribution in [1.82, 2.24) is 10.6 Å². The van der Waals surface area contributed by atoms with Crippen LogP contribution in [0.5, 0.6) is 0 Å². The molecule has 1 saturated heterocycles. The fraction of sp³-hybridized carbons (Fsp3) is 0.562. The van der Waals surface area contributed by atoms with Gasteiger partial charge in [-0.15, -0.1) is 11.8 Å². The first-order valence-corrected chi connectivity index (χ1v) is 8.27. The third-order valence-corrected chi connectivity index (χ3v) is 5.07. The van der Waals surface area contributed by atoms with E-state index in [1.165, 1.54) is 0 Å². The molecule has 0 spiro atoms. The van der Waals surface area contributed by atoms with E-state index in [0.29, 0.717) is 5.92 Å². The molecule has 0 bridgehead atoms. The maximum absolute atomic E-state index is 12.5. The Morgan fingerprint density at radius 2 is 2.10 bits per heavy atom. The van der Waals surface area contributed by atoms with E-state index >= 15 is 0 Å². The number of benzene rings is 1. The lowest BCUT2D eigenvalue weighted by Gasteiger charge is -2.27. The lowest BCUT2D eigenvalue weighted by atomic mass is 10.1. The van der Waals surface area contributed by atoms with Crippen molar-refractivity contribution < 1.29 is 4.79 Å². The fourth-order valence-corrected chi connectivity index (χ4v) is 3.45. The highest BCUT2D eigenvalue weighted by Crippen LogP contribution is 2.28. The summed E-state index contributed by atoms with van der Waals surface area (Å²) in [5, 5.41) is 6.51. The normalized spacial score (nSPS) is 20.6. The molecule has 1 aliphatic rings. The van der Waals surface area contributed by atoms with Gasteiger partial charge in [0.05, 0.1) is 5.25 Å². The predicted molar refractivity (Wildman–Crippen MR) is 85.0 cm³/mol. The van der Waals surface area contributed by atoms with E-state index in [0.717, 1.165) is 30.8 Å². The summed E-state index contributed by atoms with van der Waals surface area (Å²) in [4.78, 5) is 13.7. The number of rotatable bonds is 5. The van der Waals surface area contributed by atoms with Crippen LogP contribution >= 0.6 is 11.8 Å². The topological polar surface area (TPSA) is 41.1 Å². The Bertz CT molecular complexity index is 416. The van der Waals surface area contributed by atoms with Crippen molar-refractivity contribution >= 4 is 17.7 Å². The Labute approximate surface area is 125 Å². The molecule has 0 aromatic heterocycles. The number of amides is 1. The summed E-state index contributed by atoms with van der Waals surface area (Å²) < 4.78 is 0. The minimum absolute atomic E-state index is 0.0284. The molecule has 1 fully saturated rings. The first-order chi connectivity index (χ1) is 9.66. The summed E-state index contributed by atoms with van der Waals surface area (Å²) >= 11 is 1.66. The number of hydrogen-bond acceptors (Lipinski definition) is 3. The Hall–Kier alpha value is -1.00. The number of carbonyl (C=O) groups is 1. The summed E-state index contributed by atoms with van der Waals surface area (Å²) in [6, 6.07) is 10.5. The van der Waals surface area contributed by atoms with Crippen LogP contribution < -0.4 is 10.6 Å². The molecule has 1 aliphatic heterocycles. The molecule has 4 heteroatoms. The summed E-state index contributed by atoms with van der Waals surface area (Å²) in [5.74, 6) is 0.485. The van der Waals surface area contributed by atoms with E-state index in [1.807, 2.05) is 18.2 Å². The molecule has 1 heterocycles. The molecule has 20 heavy (non-hydrogen) atoms. The molecule has 1 unspecified atom stereocenters. The minimum atomic E-state index is -0.0284. The monoisotopic (exact) mass is 292 g/mol. The second kappa shape index (κ2) is 7.70. The van der Waals surface area contributed by atoms with E-state index in [9.17, 15) is 4.79 Å². The van der Waals surface area contributed by atoms with Crippen molar-refractivity contribution in [2.45, 2.75) is 42.9 Å². The van der Waals surface area contributed by atoms with Crippen LogP contribution in [-0.4, -0.2) is 30.3 Å². The summed E-state index contributed by atoms with van der Waals surface area (Å²) in [6.07, 6.45) is 2.22. The molecule has 3 nitrogen and oxygen atoms in total. The Morgan fingerprint density at radius 1 is 1.35 bits per heavy atom. The predicted octanol–water partition coefficient (Wildman–Crippen LogP) is 2.67. The molecule has 0 aliphatic carbocycles. The lowest BCUT2D eigenvalue weighted by Crippen LogP contribution is -2.49. The van der Waals surface area contributed by atoms with Crippen molar-refractivity contribution in [3.05, 3.63) is 30.3 Å². The molecule has 0 radical (unpaired) electrons. The number of hydrogen-bond donors (Lipinski definition) is 2. The maximum atomic E-state index is 12.5. The molecule has 1 aromatic carbocycles. The van der Waals surface area contributed by atoms with E-state index in [-0.39, 0.29) is 17.2 Å². The summed E-state index contributed by atoms with van der Waals surface area (Å²) in [5.41, 5.74) is 0. The van der Waals surface area contributed by atoms with Gasteiger partial charge in [0.25, 0.3) is 0 Å². The van der Waals surface area contributed by atoms with Crippen molar-refractivity contribution in [2.24, 2.45) is 5.92 Å².